The standard InChI is InChI=1S/C27H22FN7O2S/c1-38(36,37)32-12-15-6-17(8-19(28)7-15)26-22-11-25(33-23(22)4-5-31-26)27-21-10-16(2-3-24(21)34-35-27)18-9-20(29)14-30-13-18/h2-11,13-14,32-33H,12,29H2,1H3,(H,34,35). The molecule has 0 amide bonds. The molecule has 5 N–H and O–H groups in total. The van der Waals surface area contributed by atoms with Gasteiger partial charge in [0.2, 0.25) is 10.0 Å². The van der Waals surface area contributed by atoms with E-state index in [0.29, 0.717) is 22.5 Å². The summed E-state index contributed by atoms with van der Waals surface area (Å²) in [5, 5.41) is 9.31. The third kappa shape index (κ3) is 4.60. The fourth-order valence-electron chi connectivity index (χ4n) is 4.53. The van der Waals surface area contributed by atoms with Crippen LogP contribution in [0.3, 0.4) is 0 Å². The van der Waals surface area contributed by atoms with E-state index in [1.165, 1.54) is 12.1 Å². The van der Waals surface area contributed by atoms with E-state index in [2.05, 4.69) is 29.9 Å². The predicted molar refractivity (Wildman–Crippen MR) is 146 cm³/mol. The molecule has 11 heteroatoms. The van der Waals surface area contributed by atoms with Gasteiger partial charge in [0.15, 0.2) is 0 Å². The smallest absolute Gasteiger partial charge is 0.209 e. The minimum atomic E-state index is -3.42. The SMILES string of the molecule is CS(=O)(=O)NCc1cc(F)cc(-c2nccc3[nH]c(-c4n[nH]c5ccc(-c6cncc(N)c6)cc45)cc23)c1. The molecule has 4 aromatic heterocycles. The van der Waals surface area contributed by atoms with Crippen LogP contribution in [0.15, 0.2) is 73.2 Å². The van der Waals surface area contributed by atoms with Crippen molar-refractivity contribution < 1.29 is 12.8 Å². The lowest BCUT2D eigenvalue weighted by Crippen LogP contribution is -2.21. The number of aromatic amines is 2. The number of hydrogen-bond donors (Lipinski definition) is 4. The quantitative estimate of drug-likeness (QED) is 0.249. The van der Waals surface area contributed by atoms with Gasteiger partial charge in [-0.3, -0.25) is 15.1 Å². The fraction of sp³-hybridized carbons (Fsp3) is 0.0741. The Morgan fingerprint density at radius 1 is 0.921 bits per heavy atom. The second-order valence-electron chi connectivity index (χ2n) is 9.08. The van der Waals surface area contributed by atoms with E-state index in [1.807, 2.05) is 36.4 Å². The summed E-state index contributed by atoms with van der Waals surface area (Å²) >= 11 is 0. The number of nitrogens with zero attached hydrogens (tertiary/aromatic N) is 3. The van der Waals surface area contributed by atoms with Crippen molar-refractivity contribution in [2.75, 3.05) is 12.0 Å². The number of H-pyrrole nitrogens is 2. The molecule has 0 radical (unpaired) electrons. The third-order valence-corrected chi connectivity index (χ3v) is 6.90. The topological polar surface area (TPSA) is 142 Å². The largest absolute Gasteiger partial charge is 0.397 e. The van der Waals surface area contributed by atoms with Crippen molar-refractivity contribution in [1.29, 1.82) is 0 Å². The number of hydrogen-bond acceptors (Lipinski definition) is 6. The molecule has 2 aromatic carbocycles. The molecule has 6 rings (SSSR count). The molecule has 0 bridgehead atoms. The van der Waals surface area contributed by atoms with Crippen LogP contribution in [0.1, 0.15) is 5.56 Å². The van der Waals surface area contributed by atoms with E-state index in [0.717, 1.165) is 50.6 Å². The molecule has 0 atom stereocenters. The maximum Gasteiger partial charge on any atom is 0.209 e. The Morgan fingerprint density at radius 2 is 1.76 bits per heavy atom. The zero-order chi connectivity index (χ0) is 26.4. The highest BCUT2D eigenvalue weighted by Gasteiger charge is 2.16. The van der Waals surface area contributed by atoms with Gasteiger partial charge in [-0.25, -0.2) is 17.5 Å². The number of aromatic nitrogens is 5. The highest BCUT2D eigenvalue weighted by molar-refractivity contribution is 7.88. The molecule has 38 heavy (non-hydrogen) atoms. The number of halogens is 1. The van der Waals surface area contributed by atoms with Gasteiger partial charge >= 0.3 is 0 Å². The van der Waals surface area contributed by atoms with Crippen LogP contribution in [0.4, 0.5) is 10.1 Å². The molecule has 9 nitrogen and oxygen atoms in total. The van der Waals surface area contributed by atoms with Gasteiger partial charge in [-0.1, -0.05) is 6.07 Å². The van der Waals surface area contributed by atoms with E-state index in [9.17, 15) is 12.8 Å². The molecule has 0 unspecified atom stereocenters. The highest BCUT2D eigenvalue weighted by Crippen LogP contribution is 2.35. The van der Waals surface area contributed by atoms with E-state index in [-0.39, 0.29) is 6.54 Å². The zero-order valence-electron chi connectivity index (χ0n) is 20.2. The normalized spacial score (nSPS) is 11.9. The molecule has 0 fully saturated rings. The Kier molecular flexibility index (Phi) is 5.66. The van der Waals surface area contributed by atoms with Crippen molar-refractivity contribution >= 4 is 37.5 Å². The van der Waals surface area contributed by atoms with Crippen LogP contribution in [0.2, 0.25) is 0 Å². The van der Waals surface area contributed by atoms with Gasteiger partial charge < -0.3 is 10.7 Å². The molecule has 0 aliphatic rings. The highest BCUT2D eigenvalue weighted by atomic mass is 32.2. The zero-order valence-corrected chi connectivity index (χ0v) is 21.0. The molecule has 190 valence electrons. The molecule has 0 spiro atoms. The summed E-state index contributed by atoms with van der Waals surface area (Å²) in [7, 11) is -3.42. The Hall–Kier alpha value is -4.61. The summed E-state index contributed by atoms with van der Waals surface area (Å²) in [6.45, 7) is -0.0257. The van der Waals surface area contributed by atoms with Gasteiger partial charge in [0.05, 0.1) is 28.8 Å². The fourth-order valence-corrected chi connectivity index (χ4v) is 4.96. The predicted octanol–water partition coefficient (Wildman–Crippen LogP) is 4.61. The van der Waals surface area contributed by atoms with Gasteiger partial charge in [0.1, 0.15) is 11.5 Å². The van der Waals surface area contributed by atoms with Gasteiger partial charge in [-0.05, 0) is 59.7 Å². The van der Waals surface area contributed by atoms with Gasteiger partial charge in [0.25, 0.3) is 0 Å². The van der Waals surface area contributed by atoms with Crippen LogP contribution in [-0.4, -0.2) is 39.8 Å². The molecule has 0 aliphatic heterocycles. The summed E-state index contributed by atoms with van der Waals surface area (Å²) in [6.07, 6.45) is 6.07. The van der Waals surface area contributed by atoms with E-state index in [1.54, 1.807) is 24.7 Å². The first-order valence-electron chi connectivity index (χ1n) is 11.7. The van der Waals surface area contributed by atoms with Crippen molar-refractivity contribution in [2.45, 2.75) is 6.54 Å². The maximum atomic E-state index is 14.5. The summed E-state index contributed by atoms with van der Waals surface area (Å²) in [5.41, 5.74) is 13.1. The van der Waals surface area contributed by atoms with Crippen molar-refractivity contribution in [3.05, 3.63) is 84.6 Å². The number of fused-ring (bicyclic) bond motifs is 2. The minimum Gasteiger partial charge on any atom is -0.397 e. The van der Waals surface area contributed by atoms with Crippen LogP contribution in [0, 0.1) is 5.82 Å². The second kappa shape index (κ2) is 9.05. The Morgan fingerprint density at radius 3 is 2.58 bits per heavy atom. The van der Waals surface area contributed by atoms with Crippen molar-refractivity contribution in [3.63, 3.8) is 0 Å². The molecule has 6 aromatic rings. The van der Waals surface area contributed by atoms with Crippen molar-refractivity contribution in [1.82, 2.24) is 29.9 Å². The first kappa shape index (κ1) is 23.8. The molecule has 4 heterocycles. The molecular formula is C27H22FN7O2S. The van der Waals surface area contributed by atoms with Gasteiger partial charge in [0, 0.05) is 52.6 Å². The number of benzene rings is 2. The van der Waals surface area contributed by atoms with Gasteiger partial charge in [-0.15, -0.1) is 0 Å². The number of rotatable bonds is 6. The second-order valence-corrected chi connectivity index (χ2v) is 10.9. The van der Waals surface area contributed by atoms with Crippen LogP contribution < -0.4 is 10.5 Å². The summed E-state index contributed by atoms with van der Waals surface area (Å²) < 4.78 is 39.9. The number of nitrogens with two attached hydrogens (primary N) is 1. The lowest BCUT2D eigenvalue weighted by atomic mass is 10.0. The number of sulfonamides is 1. The first-order valence-corrected chi connectivity index (χ1v) is 13.5. The molecule has 0 aliphatic carbocycles. The van der Waals surface area contributed by atoms with Gasteiger partial charge in [-0.2, -0.15) is 5.10 Å². The average Bonchev–Trinajstić information content (AvgIpc) is 3.50. The Bertz CT molecular complexity index is 1950. The Labute approximate surface area is 217 Å². The van der Waals surface area contributed by atoms with Crippen LogP contribution in [-0.2, 0) is 16.6 Å². The number of pyridine rings is 2. The van der Waals surface area contributed by atoms with Crippen LogP contribution >= 0.6 is 0 Å². The average molecular weight is 528 g/mol. The van der Waals surface area contributed by atoms with Crippen molar-refractivity contribution in [3.8, 4) is 33.8 Å². The van der Waals surface area contributed by atoms with E-state index >= 15 is 0 Å². The monoisotopic (exact) mass is 527 g/mol. The number of nitrogen functional groups attached to an aromatic ring is 1. The third-order valence-electron chi connectivity index (χ3n) is 6.23. The number of nitrogens with one attached hydrogen (secondary N) is 3. The number of anilines is 1. The van der Waals surface area contributed by atoms with Crippen molar-refractivity contribution in [2.24, 2.45) is 0 Å². The van der Waals surface area contributed by atoms with Crippen LogP contribution in [0.25, 0.3) is 55.6 Å². The molecular weight excluding hydrogens is 505 g/mol. The Balaban J connectivity index is 1.43. The van der Waals surface area contributed by atoms with E-state index < -0.39 is 15.8 Å². The lowest BCUT2D eigenvalue weighted by Gasteiger charge is -2.08. The maximum absolute atomic E-state index is 14.5. The molecule has 0 saturated carbocycles. The van der Waals surface area contributed by atoms with Crippen LogP contribution in [0.5, 0.6) is 0 Å². The van der Waals surface area contributed by atoms with E-state index in [4.69, 9.17) is 5.73 Å². The molecule has 0 saturated heterocycles. The first-order chi connectivity index (χ1) is 18.2. The minimum absolute atomic E-state index is 0.0257. The lowest BCUT2D eigenvalue weighted by molar-refractivity contribution is 0.586. The summed E-state index contributed by atoms with van der Waals surface area (Å²) in [5.74, 6) is -0.482. The summed E-state index contributed by atoms with van der Waals surface area (Å²) in [6, 6.07) is 16.0. The summed E-state index contributed by atoms with van der Waals surface area (Å²) in [4.78, 5) is 12.1.